The van der Waals surface area contributed by atoms with Crippen LogP contribution in [0.5, 0.6) is 0 Å². The Morgan fingerprint density at radius 1 is 1.39 bits per heavy atom. The minimum absolute atomic E-state index is 0.611. The Hall–Kier alpha value is -0.940. The molecule has 1 N–H and O–H groups in total. The van der Waals surface area contributed by atoms with Crippen LogP contribution in [-0.4, -0.2) is 39.8 Å². The van der Waals surface area contributed by atoms with Gasteiger partial charge in [-0.05, 0) is 25.0 Å². The third-order valence-corrected chi connectivity index (χ3v) is 4.77. The molecular formula is C13H19N3OS. The van der Waals surface area contributed by atoms with Crippen molar-refractivity contribution in [3.8, 4) is 0 Å². The van der Waals surface area contributed by atoms with Gasteiger partial charge in [-0.1, -0.05) is 0 Å². The normalized spacial score (nSPS) is 21.2. The van der Waals surface area contributed by atoms with Crippen LogP contribution in [0.3, 0.4) is 0 Å². The Morgan fingerprint density at radius 2 is 2.17 bits per heavy atom. The summed E-state index contributed by atoms with van der Waals surface area (Å²) >= 11 is 0. The summed E-state index contributed by atoms with van der Waals surface area (Å²) in [6.45, 7) is 2.65. The molecule has 0 atom stereocenters. The van der Waals surface area contributed by atoms with Gasteiger partial charge in [0.2, 0.25) is 0 Å². The lowest BCUT2D eigenvalue weighted by Gasteiger charge is -2.28. The van der Waals surface area contributed by atoms with Crippen LogP contribution in [-0.2, 0) is 17.3 Å². The van der Waals surface area contributed by atoms with Gasteiger partial charge in [-0.3, -0.25) is 9.19 Å². The molecule has 0 amide bonds. The van der Waals surface area contributed by atoms with Gasteiger partial charge in [0.15, 0.2) is 0 Å². The van der Waals surface area contributed by atoms with Crippen molar-refractivity contribution in [3.05, 3.63) is 24.0 Å². The van der Waals surface area contributed by atoms with E-state index in [0.29, 0.717) is 6.04 Å². The highest BCUT2D eigenvalue weighted by molar-refractivity contribution is 7.85. The number of nitrogens with one attached hydrogen (secondary N) is 1. The fraction of sp³-hybridized carbons (Fsp3) is 0.615. The molecule has 2 fully saturated rings. The smallest absolute Gasteiger partial charge is 0.0562 e. The van der Waals surface area contributed by atoms with Gasteiger partial charge >= 0.3 is 0 Å². The first-order valence-electron chi connectivity index (χ1n) is 6.59. The Morgan fingerprint density at radius 3 is 2.89 bits per heavy atom. The van der Waals surface area contributed by atoms with Gasteiger partial charge < -0.3 is 10.2 Å². The van der Waals surface area contributed by atoms with Gasteiger partial charge in [-0.15, -0.1) is 0 Å². The van der Waals surface area contributed by atoms with E-state index in [0.717, 1.165) is 36.8 Å². The molecule has 1 aromatic rings. The minimum Gasteiger partial charge on any atom is -0.370 e. The molecule has 1 aromatic heterocycles. The number of hydrogen-bond acceptors (Lipinski definition) is 4. The molecule has 2 heterocycles. The first-order chi connectivity index (χ1) is 8.81. The molecule has 1 aliphatic carbocycles. The maximum atomic E-state index is 11.4. The summed E-state index contributed by atoms with van der Waals surface area (Å²) < 4.78 is 11.4. The maximum absolute atomic E-state index is 11.4. The number of pyridine rings is 1. The summed E-state index contributed by atoms with van der Waals surface area (Å²) in [6.07, 6.45) is 4.49. The van der Waals surface area contributed by atoms with Crippen molar-refractivity contribution in [1.29, 1.82) is 0 Å². The molecule has 0 bridgehead atoms. The van der Waals surface area contributed by atoms with Crippen molar-refractivity contribution in [3.63, 3.8) is 0 Å². The van der Waals surface area contributed by atoms with Gasteiger partial charge in [-0.2, -0.15) is 0 Å². The Kier molecular flexibility index (Phi) is 3.61. The highest BCUT2D eigenvalue weighted by Gasteiger charge is 2.20. The molecule has 0 unspecified atom stereocenters. The van der Waals surface area contributed by atoms with Crippen molar-refractivity contribution < 1.29 is 4.21 Å². The Bertz CT molecular complexity index is 438. The molecule has 1 aliphatic heterocycles. The van der Waals surface area contributed by atoms with Crippen LogP contribution < -0.4 is 10.2 Å². The van der Waals surface area contributed by atoms with Gasteiger partial charge in [0, 0.05) is 59.9 Å². The van der Waals surface area contributed by atoms with E-state index < -0.39 is 10.8 Å². The van der Waals surface area contributed by atoms with E-state index in [9.17, 15) is 4.21 Å². The molecule has 4 nitrogen and oxygen atoms in total. The number of rotatable bonds is 4. The SMILES string of the molecule is O=S1CCN(c2ccnc(CNC3CC3)c2)CC1. The second-order valence-electron chi connectivity index (χ2n) is 5.00. The average Bonchev–Trinajstić information content (AvgIpc) is 3.22. The summed E-state index contributed by atoms with van der Waals surface area (Å²) in [6, 6.07) is 4.92. The number of anilines is 1. The van der Waals surface area contributed by atoms with Crippen LogP contribution in [0.15, 0.2) is 18.3 Å². The summed E-state index contributed by atoms with van der Waals surface area (Å²) in [4.78, 5) is 6.71. The average molecular weight is 265 g/mol. The lowest BCUT2D eigenvalue weighted by Crippen LogP contribution is -2.37. The first-order valence-corrected chi connectivity index (χ1v) is 8.08. The van der Waals surface area contributed by atoms with Crippen LogP contribution in [0.4, 0.5) is 5.69 Å². The largest absolute Gasteiger partial charge is 0.370 e. The Labute approximate surface area is 110 Å². The quantitative estimate of drug-likeness (QED) is 0.878. The van der Waals surface area contributed by atoms with Crippen molar-refractivity contribution in [2.75, 3.05) is 29.5 Å². The van der Waals surface area contributed by atoms with Crippen LogP contribution in [0, 0.1) is 0 Å². The molecule has 0 aromatic carbocycles. The van der Waals surface area contributed by atoms with Crippen LogP contribution in [0.2, 0.25) is 0 Å². The zero-order chi connectivity index (χ0) is 12.4. The predicted molar refractivity (Wildman–Crippen MR) is 74.2 cm³/mol. The first kappa shape index (κ1) is 12.1. The molecule has 1 saturated heterocycles. The highest BCUT2D eigenvalue weighted by atomic mass is 32.2. The Balaban J connectivity index is 1.63. The summed E-state index contributed by atoms with van der Waals surface area (Å²) in [7, 11) is -0.611. The number of nitrogens with zero attached hydrogens (tertiary/aromatic N) is 2. The van der Waals surface area contributed by atoms with Crippen molar-refractivity contribution in [2.45, 2.75) is 25.4 Å². The fourth-order valence-electron chi connectivity index (χ4n) is 2.19. The fourth-order valence-corrected chi connectivity index (χ4v) is 3.24. The molecule has 98 valence electrons. The molecular weight excluding hydrogens is 246 g/mol. The van der Waals surface area contributed by atoms with Crippen LogP contribution in [0.1, 0.15) is 18.5 Å². The predicted octanol–water partition coefficient (Wildman–Crippen LogP) is 0.902. The van der Waals surface area contributed by atoms with Gasteiger partial charge in [0.05, 0.1) is 5.69 Å². The zero-order valence-corrected chi connectivity index (χ0v) is 11.3. The standard InChI is InChI=1S/C13H19N3OS/c17-18-7-5-16(6-8-18)13-3-4-14-12(9-13)10-15-11-1-2-11/h3-4,9,11,15H,1-2,5-8,10H2. The van der Waals surface area contributed by atoms with Crippen molar-refractivity contribution in [1.82, 2.24) is 10.3 Å². The maximum Gasteiger partial charge on any atom is 0.0562 e. The molecule has 2 aliphatic rings. The molecule has 0 spiro atoms. The molecule has 1 saturated carbocycles. The summed E-state index contributed by atoms with van der Waals surface area (Å²) in [5, 5.41) is 3.48. The monoisotopic (exact) mass is 265 g/mol. The number of hydrogen-bond donors (Lipinski definition) is 1. The van der Waals surface area contributed by atoms with E-state index in [1.54, 1.807) is 0 Å². The van der Waals surface area contributed by atoms with E-state index in [-0.39, 0.29) is 0 Å². The van der Waals surface area contributed by atoms with Crippen molar-refractivity contribution in [2.24, 2.45) is 0 Å². The number of aromatic nitrogens is 1. The molecule has 0 radical (unpaired) electrons. The second-order valence-corrected chi connectivity index (χ2v) is 6.69. The van der Waals surface area contributed by atoms with Gasteiger partial charge in [-0.25, -0.2) is 0 Å². The van der Waals surface area contributed by atoms with Crippen LogP contribution >= 0.6 is 0 Å². The summed E-state index contributed by atoms with van der Waals surface area (Å²) in [5.41, 5.74) is 2.32. The third-order valence-electron chi connectivity index (χ3n) is 3.49. The van der Waals surface area contributed by atoms with E-state index in [4.69, 9.17) is 0 Å². The van der Waals surface area contributed by atoms with Gasteiger partial charge in [0.1, 0.15) is 0 Å². The summed E-state index contributed by atoms with van der Waals surface area (Å²) in [5.74, 6) is 1.58. The second kappa shape index (κ2) is 5.36. The highest BCUT2D eigenvalue weighted by Crippen LogP contribution is 2.20. The van der Waals surface area contributed by atoms with E-state index >= 15 is 0 Å². The van der Waals surface area contributed by atoms with Gasteiger partial charge in [0.25, 0.3) is 0 Å². The molecule has 18 heavy (non-hydrogen) atoms. The lowest BCUT2D eigenvalue weighted by molar-refractivity contribution is 0.670. The molecule has 3 rings (SSSR count). The third kappa shape index (κ3) is 3.09. The minimum atomic E-state index is -0.611. The zero-order valence-electron chi connectivity index (χ0n) is 10.5. The van der Waals surface area contributed by atoms with E-state index in [1.807, 2.05) is 6.20 Å². The van der Waals surface area contributed by atoms with E-state index in [2.05, 4.69) is 27.3 Å². The molecule has 5 heteroatoms. The van der Waals surface area contributed by atoms with Crippen molar-refractivity contribution >= 4 is 16.5 Å². The van der Waals surface area contributed by atoms with E-state index in [1.165, 1.54) is 18.5 Å². The van der Waals surface area contributed by atoms with Crippen LogP contribution in [0.25, 0.3) is 0 Å². The lowest BCUT2D eigenvalue weighted by atomic mass is 10.2. The topological polar surface area (TPSA) is 45.2 Å².